The topological polar surface area (TPSA) is 67.9 Å². The molecule has 2 saturated heterocycles. The van der Waals surface area contributed by atoms with Gasteiger partial charge in [-0.25, -0.2) is 4.79 Å². The van der Waals surface area contributed by atoms with E-state index in [1.807, 2.05) is 25.7 Å². The van der Waals surface area contributed by atoms with Gasteiger partial charge < -0.3 is 19.4 Å². The number of carbonyl (C=O) groups excluding carboxylic acids is 2. The quantitative estimate of drug-likeness (QED) is 0.754. The van der Waals surface area contributed by atoms with Gasteiger partial charge in [0, 0.05) is 6.54 Å². The number of ether oxygens (including phenoxy) is 1. The van der Waals surface area contributed by atoms with Crippen LogP contribution in [0.1, 0.15) is 60.8 Å². The molecule has 2 amide bonds. The lowest BCUT2D eigenvalue weighted by atomic mass is 9.97. The number of piperidine rings is 1. The molecule has 1 N–H and O–H groups in total. The fourth-order valence-corrected chi connectivity index (χ4v) is 4.76. The van der Waals surface area contributed by atoms with Crippen molar-refractivity contribution in [2.75, 3.05) is 6.54 Å². The number of rotatable bonds is 3. The van der Waals surface area contributed by atoms with Crippen LogP contribution >= 0.6 is 0 Å². The molecular formula is C19H36N2O4Si. The minimum absolute atomic E-state index is 0.00607. The van der Waals surface area contributed by atoms with Crippen LogP contribution in [0, 0.1) is 0 Å². The van der Waals surface area contributed by atoms with Crippen molar-refractivity contribution in [2.45, 2.75) is 103 Å². The van der Waals surface area contributed by atoms with Crippen LogP contribution in [-0.2, 0) is 14.0 Å². The summed E-state index contributed by atoms with van der Waals surface area (Å²) < 4.78 is 11.9. The van der Waals surface area contributed by atoms with E-state index >= 15 is 0 Å². The molecule has 6 nitrogen and oxygen atoms in total. The number of hydrogen-bond acceptors (Lipinski definition) is 4. The number of hydrogen-bond donors (Lipinski definition) is 1. The lowest BCUT2D eigenvalue weighted by molar-refractivity contribution is -0.138. The van der Waals surface area contributed by atoms with Crippen molar-refractivity contribution in [2.24, 2.45) is 0 Å². The molecule has 0 aromatic rings. The number of nitrogens with one attached hydrogen (secondary N) is 1. The van der Waals surface area contributed by atoms with Crippen LogP contribution in [0.3, 0.4) is 0 Å². The number of carbonyl (C=O) groups is 2. The Kier molecular flexibility index (Phi) is 5.83. The zero-order valence-electron chi connectivity index (χ0n) is 17.6. The van der Waals surface area contributed by atoms with E-state index in [9.17, 15) is 9.59 Å². The largest absolute Gasteiger partial charge is 0.444 e. The van der Waals surface area contributed by atoms with Crippen molar-refractivity contribution in [1.29, 1.82) is 0 Å². The van der Waals surface area contributed by atoms with Gasteiger partial charge in [-0.1, -0.05) is 20.8 Å². The Hall–Kier alpha value is -1.08. The number of fused-ring (bicyclic) bond motifs is 1. The third-order valence-corrected chi connectivity index (χ3v) is 10.3. The van der Waals surface area contributed by atoms with Gasteiger partial charge in [-0.05, 0) is 58.2 Å². The monoisotopic (exact) mass is 384 g/mol. The van der Waals surface area contributed by atoms with Crippen LogP contribution in [0.4, 0.5) is 4.79 Å². The van der Waals surface area contributed by atoms with Crippen molar-refractivity contribution >= 4 is 20.3 Å². The molecule has 0 aromatic heterocycles. The van der Waals surface area contributed by atoms with E-state index in [-0.39, 0.29) is 23.1 Å². The molecule has 2 heterocycles. The highest BCUT2D eigenvalue weighted by atomic mass is 28.4. The minimum atomic E-state index is -1.87. The van der Waals surface area contributed by atoms with E-state index in [1.54, 1.807) is 0 Å². The molecule has 0 spiro atoms. The Bertz CT molecular complexity index is 551. The fourth-order valence-electron chi connectivity index (χ4n) is 3.38. The van der Waals surface area contributed by atoms with Crippen molar-refractivity contribution < 1.29 is 18.8 Å². The van der Waals surface area contributed by atoms with Gasteiger partial charge in [-0.15, -0.1) is 0 Å². The van der Waals surface area contributed by atoms with Gasteiger partial charge in [0.1, 0.15) is 11.6 Å². The number of alkyl carbamates (subject to hydrolysis) is 1. The fraction of sp³-hybridized carbons (Fsp3) is 0.895. The van der Waals surface area contributed by atoms with E-state index < -0.39 is 26.1 Å². The Morgan fingerprint density at radius 3 is 2.27 bits per heavy atom. The highest BCUT2D eigenvalue weighted by molar-refractivity contribution is 6.74. The summed E-state index contributed by atoms with van der Waals surface area (Å²) >= 11 is 0. The molecule has 0 unspecified atom stereocenters. The molecule has 2 aliphatic heterocycles. The van der Waals surface area contributed by atoms with Crippen LogP contribution in [0.2, 0.25) is 18.1 Å². The summed E-state index contributed by atoms with van der Waals surface area (Å²) in [6.45, 7) is 17.4. The molecule has 2 aliphatic rings. The molecule has 0 saturated carbocycles. The maximum atomic E-state index is 12.8. The van der Waals surface area contributed by atoms with Gasteiger partial charge >= 0.3 is 6.09 Å². The lowest BCUT2D eigenvalue weighted by Crippen LogP contribution is -2.57. The van der Waals surface area contributed by atoms with Crippen LogP contribution in [0.25, 0.3) is 0 Å². The molecule has 0 aliphatic carbocycles. The minimum Gasteiger partial charge on any atom is -0.444 e. The smallest absolute Gasteiger partial charge is 0.408 e. The zero-order chi connectivity index (χ0) is 19.9. The van der Waals surface area contributed by atoms with Crippen LogP contribution in [-0.4, -0.2) is 55.6 Å². The molecule has 150 valence electrons. The first-order chi connectivity index (χ1) is 11.7. The summed E-state index contributed by atoms with van der Waals surface area (Å²) in [4.78, 5) is 26.7. The average molecular weight is 385 g/mol. The SMILES string of the molecule is CC(C)(C)OC(=O)N[C@@H]1CC[C@@H]2[C@H](O[Si](C)(C)C(C)(C)C)CCN2C1=O. The van der Waals surface area contributed by atoms with Gasteiger partial charge in [-0.2, -0.15) is 0 Å². The molecule has 26 heavy (non-hydrogen) atoms. The van der Waals surface area contributed by atoms with Gasteiger partial charge in [0.05, 0.1) is 12.1 Å². The van der Waals surface area contributed by atoms with Crippen molar-refractivity contribution in [3.63, 3.8) is 0 Å². The highest BCUT2D eigenvalue weighted by Gasteiger charge is 2.48. The Balaban J connectivity index is 1.98. The second kappa shape index (κ2) is 7.15. The Labute approximate surface area is 159 Å². The third kappa shape index (κ3) is 4.79. The van der Waals surface area contributed by atoms with Gasteiger partial charge in [-0.3, -0.25) is 4.79 Å². The standard InChI is InChI=1S/C19H36N2O4Si/c1-18(2,3)24-17(23)20-13-9-10-14-15(11-12-21(14)16(13)22)25-26(7,8)19(4,5)6/h13-15H,9-12H2,1-8H3,(H,20,23)/t13-,14-,15-/m1/s1. The third-order valence-electron chi connectivity index (χ3n) is 5.76. The van der Waals surface area contributed by atoms with E-state index in [4.69, 9.17) is 9.16 Å². The highest BCUT2D eigenvalue weighted by Crippen LogP contribution is 2.40. The van der Waals surface area contributed by atoms with Gasteiger partial charge in [0.25, 0.3) is 0 Å². The van der Waals surface area contributed by atoms with Crippen molar-refractivity contribution in [3.8, 4) is 0 Å². The van der Waals surface area contributed by atoms with Crippen molar-refractivity contribution in [3.05, 3.63) is 0 Å². The summed E-state index contributed by atoms with van der Waals surface area (Å²) in [6.07, 6.45) is 1.95. The van der Waals surface area contributed by atoms with Crippen LogP contribution in [0.15, 0.2) is 0 Å². The Morgan fingerprint density at radius 1 is 1.12 bits per heavy atom. The molecule has 0 aromatic carbocycles. The molecule has 2 fully saturated rings. The normalized spacial score (nSPS) is 27.3. The van der Waals surface area contributed by atoms with E-state index in [0.29, 0.717) is 13.0 Å². The molecular weight excluding hydrogens is 348 g/mol. The second-order valence-corrected chi connectivity index (χ2v) is 14.8. The molecule has 2 rings (SSSR count). The summed E-state index contributed by atoms with van der Waals surface area (Å²) in [5, 5.41) is 2.89. The maximum absolute atomic E-state index is 12.8. The second-order valence-electron chi connectivity index (χ2n) is 10.1. The maximum Gasteiger partial charge on any atom is 0.408 e. The zero-order valence-corrected chi connectivity index (χ0v) is 18.6. The summed E-state index contributed by atoms with van der Waals surface area (Å²) in [6, 6.07) is -0.360. The predicted molar refractivity (Wildman–Crippen MR) is 105 cm³/mol. The van der Waals surface area contributed by atoms with Crippen LogP contribution < -0.4 is 5.32 Å². The average Bonchev–Trinajstić information content (AvgIpc) is 2.82. The Morgan fingerprint density at radius 2 is 1.73 bits per heavy atom. The molecule has 3 atom stereocenters. The van der Waals surface area contributed by atoms with Gasteiger partial charge in [0.15, 0.2) is 8.32 Å². The molecule has 0 bridgehead atoms. The molecule has 7 heteroatoms. The van der Waals surface area contributed by atoms with Crippen molar-refractivity contribution in [1.82, 2.24) is 10.2 Å². The van der Waals surface area contributed by atoms with E-state index in [2.05, 4.69) is 39.2 Å². The first kappa shape index (κ1) is 21.2. The van der Waals surface area contributed by atoms with E-state index in [1.165, 1.54) is 0 Å². The van der Waals surface area contributed by atoms with E-state index in [0.717, 1.165) is 12.8 Å². The molecule has 0 radical (unpaired) electrons. The number of amides is 2. The number of nitrogens with zero attached hydrogens (tertiary/aromatic N) is 1. The summed E-state index contributed by atoms with van der Waals surface area (Å²) in [7, 11) is -1.87. The summed E-state index contributed by atoms with van der Waals surface area (Å²) in [5.41, 5.74) is -0.569. The van der Waals surface area contributed by atoms with Gasteiger partial charge in [0.2, 0.25) is 5.91 Å². The van der Waals surface area contributed by atoms with Crippen LogP contribution in [0.5, 0.6) is 0 Å². The predicted octanol–water partition coefficient (Wildman–Crippen LogP) is 3.66. The first-order valence-electron chi connectivity index (χ1n) is 9.69. The summed E-state index contributed by atoms with van der Waals surface area (Å²) in [5.74, 6) is -0.00607. The first-order valence-corrected chi connectivity index (χ1v) is 12.6. The lowest BCUT2D eigenvalue weighted by Gasteiger charge is -2.42.